The highest BCUT2D eigenvalue weighted by Crippen LogP contribution is 2.30. The van der Waals surface area contributed by atoms with E-state index >= 15 is 0 Å². The molecule has 4 nitrogen and oxygen atoms in total. The summed E-state index contributed by atoms with van der Waals surface area (Å²) in [6.07, 6.45) is 5.63. The topological polar surface area (TPSA) is 49.7 Å². The smallest absolute Gasteiger partial charge is 0.243 e. The Balaban J connectivity index is 1.91. The minimum absolute atomic E-state index is 0.239. The standard InChI is InChI=1S/C19H20BrClN2O2S/c20-17-8-4-3-7-15(17)14-22-19-13-16(9-10-18(19)21)26(24,25)23-11-5-1-2-6-12-23/h3-4,7-10,13-14H,1-2,5-6,11-12H2. The van der Waals surface area contributed by atoms with Crippen LogP contribution in [0.15, 0.2) is 56.8 Å². The zero-order valence-corrected chi connectivity index (χ0v) is 17.4. The van der Waals surface area contributed by atoms with Crippen molar-refractivity contribution < 1.29 is 8.42 Å². The van der Waals surface area contributed by atoms with Gasteiger partial charge in [-0.05, 0) is 37.1 Å². The monoisotopic (exact) mass is 454 g/mol. The lowest BCUT2D eigenvalue weighted by Gasteiger charge is -2.20. The number of benzene rings is 2. The molecule has 1 fully saturated rings. The minimum atomic E-state index is -3.52. The molecule has 0 N–H and O–H groups in total. The second-order valence-electron chi connectivity index (χ2n) is 6.21. The Morgan fingerprint density at radius 1 is 1.04 bits per heavy atom. The summed E-state index contributed by atoms with van der Waals surface area (Å²) in [5.41, 5.74) is 1.34. The molecule has 3 rings (SSSR count). The average Bonchev–Trinajstić information content (AvgIpc) is 2.92. The molecule has 0 aromatic heterocycles. The molecule has 1 aliphatic rings. The third-order valence-electron chi connectivity index (χ3n) is 4.37. The molecule has 0 amide bonds. The van der Waals surface area contributed by atoms with E-state index in [4.69, 9.17) is 11.6 Å². The average molecular weight is 456 g/mol. The van der Waals surface area contributed by atoms with E-state index in [-0.39, 0.29) is 4.90 Å². The molecule has 0 aliphatic carbocycles. The molecule has 1 saturated heterocycles. The van der Waals surface area contributed by atoms with Crippen molar-refractivity contribution in [3.8, 4) is 0 Å². The third-order valence-corrected chi connectivity index (χ3v) is 7.30. The lowest BCUT2D eigenvalue weighted by atomic mass is 10.2. The fraction of sp³-hybridized carbons (Fsp3) is 0.316. The van der Waals surface area contributed by atoms with E-state index in [1.165, 1.54) is 0 Å². The Hall–Kier alpha value is -1.21. The van der Waals surface area contributed by atoms with E-state index in [1.807, 2.05) is 24.3 Å². The Morgan fingerprint density at radius 3 is 2.42 bits per heavy atom. The summed E-state index contributed by atoms with van der Waals surface area (Å²) in [7, 11) is -3.52. The van der Waals surface area contributed by atoms with Gasteiger partial charge in [-0.25, -0.2) is 8.42 Å². The molecule has 26 heavy (non-hydrogen) atoms. The van der Waals surface area contributed by atoms with Gasteiger partial charge in [0.05, 0.1) is 15.6 Å². The quantitative estimate of drug-likeness (QED) is 0.578. The van der Waals surface area contributed by atoms with Crippen molar-refractivity contribution in [2.45, 2.75) is 30.6 Å². The Bertz CT molecular complexity index is 908. The summed E-state index contributed by atoms with van der Waals surface area (Å²) in [5, 5.41) is 0.420. The molecule has 0 atom stereocenters. The Morgan fingerprint density at radius 2 is 1.73 bits per heavy atom. The van der Waals surface area contributed by atoms with Gasteiger partial charge in [-0.2, -0.15) is 4.31 Å². The van der Waals surface area contributed by atoms with Crippen molar-refractivity contribution in [2.75, 3.05) is 13.1 Å². The van der Waals surface area contributed by atoms with Crippen LogP contribution in [-0.4, -0.2) is 32.0 Å². The van der Waals surface area contributed by atoms with E-state index in [2.05, 4.69) is 20.9 Å². The van der Waals surface area contributed by atoms with Gasteiger partial charge in [0, 0.05) is 29.3 Å². The molecular formula is C19H20BrClN2O2S. The highest BCUT2D eigenvalue weighted by Gasteiger charge is 2.25. The molecule has 7 heteroatoms. The van der Waals surface area contributed by atoms with Gasteiger partial charge in [0.1, 0.15) is 0 Å². The number of hydrogen-bond acceptors (Lipinski definition) is 3. The van der Waals surface area contributed by atoms with Gasteiger partial charge in [0.2, 0.25) is 10.0 Å². The highest BCUT2D eigenvalue weighted by molar-refractivity contribution is 9.10. The molecule has 138 valence electrons. The maximum absolute atomic E-state index is 13.0. The predicted octanol–water partition coefficient (Wildman–Crippen LogP) is 5.42. The molecule has 2 aromatic carbocycles. The van der Waals surface area contributed by atoms with Gasteiger partial charge in [-0.1, -0.05) is 58.6 Å². The van der Waals surface area contributed by atoms with Gasteiger partial charge in [-0.15, -0.1) is 0 Å². The lowest BCUT2D eigenvalue weighted by molar-refractivity contribution is 0.424. The van der Waals surface area contributed by atoms with Crippen LogP contribution in [0.2, 0.25) is 5.02 Å². The molecule has 0 unspecified atom stereocenters. The number of sulfonamides is 1. The summed E-state index contributed by atoms with van der Waals surface area (Å²) in [5.74, 6) is 0. The number of halogens is 2. The van der Waals surface area contributed by atoms with E-state index in [0.717, 1.165) is 35.7 Å². The van der Waals surface area contributed by atoms with Crippen LogP contribution >= 0.6 is 27.5 Å². The van der Waals surface area contributed by atoms with Crippen molar-refractivity contribution in [2.24, 2.45) is 4.99 Å². The Labute approximate surface area is 168 Å². The van der Waals surface area contributed by atoms with E-state index < -0.39 is 10.0 Å². The van der Waals surface area contributed by atoms with Crippen molar-refractivity contribution >= 4 is 49.5 Å². The summed E-state index contributed by atoms with van der Waals surface area (Å²) >= 11 is 9.70. The van der Waals surface area contributed by atoms with Crippen LogP contribution < -0.4 is 0 Å². The first-order valence-corrected chi connectivity index (χ1v) is 11.2. The number of nitrogens with zero attached hydrogens (tertiary/aromatic N) is 2. The second-order valence-corrected chi connectivity index (χ2v) is 9.41. The number of rotatable bonds is 4. The zero-order chi connectivity index (χ0) is 18.6. The molecule has 0 saturated carbocycles. The summed E-state index contributed by atoms with van der Waals surface area (Å²) < 4.78 is 28.4. The van der Waals surface area contributed by atoms with Crippen molar-refractivity contribution in [3.63, 3.8) is 0 Å². The first kappa shape index (κ1) is 19.5. The first-order chi connectivity index (χ1) is 12.5. The van der Waals surface area contributed by atoms with E-state index in [1.54, 1.807) is 28.7 Å². The lowest BCUT2D eigenvalue weighted by Crippen LogP contribution is -2.31. The predicted molar refractivity (Wildman–Crippen MR) is 110 cm³/mol. The maximum Gasteiger partial charge on any atom is 0.243 e. The molecule has 0 spiro atoms. The summed E-state index contributed by atoms with van der Waals surface area (Å²) in [6.45, 7) is 1.14. The van der Waals surface area contributed by atoms with Gasteiger partial charge in [-0.3, -0.25) is 4.99 Å². The molecular weight excluding hydrogens is 436 g/mol. The number of aliphatic imine (C=N–C) groups is 1. The third kappa shape index (κ3) is 4.55. The second kappa shape index (κ2) is 8.65. The van der Waals surface area contributed by atoms with Gasteiger partial charge in [0.15, 0.2) is 0 Å². The molecule has 1 aliphatic heterocycles. The largest absolute Gasteiger partial charge is 0.255 e. The van der Waals surface area contributed by atoms with Crippen molar-refractivity contribution in [1.29, 1.82) is 0 Å². The van der Waals surface area contributed by atoms with Crippen LogP contribution in [0.3, 0.4) is 0 Å². The summed E-state index contributed by atoms with van der Waals surface area (Å²) in [6, 6.07) is 12.4. The first-order valence-electron chi connectivity index (χ1n) is 8.57. The molecule has 1 heterocycles. The van der Waals surface area contributed by atoms with Crippen molar-refractivity contribution in [1.82, 2.24) is 4.31 Å². The van der Waals surface area contributed by atoms with Crippen LogP contribution in [0.5, 0.6) is 0 Å². The van der Waals surface area contributed by atoms with Crippen LogP contribution in [0.1, 0.15) is 31.2 Å². The molecule has 0 bridgehead atoms. The number of hydrogen-bond donors (Lipinski definition) is 0. The van der Waals surface area contributed by atoms with E-state index in [0.29, 0.717) is 23.8 Å². The minimum Gasteiger partial charge on any atom is -0.255 e. The summed E-state index contributed by atoms with van der Waals surface area (Å²) in [4.78, 5) is 4.64. The molecule has 2 aromatic rings. The van der Waals surface area contributed by atoms with Gasteiger partial charge >= 0.3 is 0 Å². The Kier molecular flexibility index (Phi) is 6.51. The van der Waals surface area contributed by atoms with Gasteiger partial charge < -0.3 is 0 Å². The maximum atomic E-state index is 13.0. The normalized spacial score (nSPS) is 16.7. The van der Waals surface area contributed by atoms with Crippen LogP contribution in [-0.2, 0) is 10.0 Å². The van der Waals surface area contributed by atoms with Crippen LogP contribution in [0.25, 0.3) is 0 Å². The van der Waals surface area contributed by atoms with Gasteiger partial charge in [0.25, 0.3) is 0 Å². The van der Waals surface area contributed by atoms with Crippen molar-refractivity contribution in [3.05, 3.63) is 57.5 Å². The van der Waals surface area contributed by atoms with Crippen LogP contribution in [0, 0.1) is 0 Å². The van der Waals surface area contributed by atoms with Crippen LogP contribution in [0.4, 0.5) is 5.69 Å². The SMILES string of the molecule is O=S(=O)(c1ccc(Cl)c(N=Cc2ccccc2Br)c1)N1CCCCCC1. The molecule has 0 radical (unpaired) electrons. The van der Waals surface area contributed by atoms with E-state index in [9.17, 15) is 8.42 Å². The fourth-order valence-corrected chi connectivity index (χ4v) is 4.99. The highest BCUT2D eigenvalue weighted by atomic mass is 79.9. The zero-order valence-electron chi connectivity index (χ0n) is 14.2. The fourth-order valence-electron chi connectivity index (χ4n) is 2.90.